The summed E-state index contributed by atoms with van der Waals surface area (Å²) in [7, 11) is 0. The summed E-state index contributed by atoms with van der Waals surface area (Å²) in [4.78, 5) is 29.5. The molecule has 27 heavy (non-hydrogen) atoms. The summed E-state index contributed by atoms with van der Waals surface area (Å²) >= 11 is 1.13. The third kappa shape index (κ3) is 4.54. The van der Waals surface area contributed by atoms with Gasteiger partial charge in [0.05, 0.1) is 18.3 Å². The molecule has 2 aromatic rings. The van der Waals surface area contributed by atoms with Crippen molar-refractivity contribution in [3.63, 3.8) is 0 Å². The summed E-state index contributed by atoms with van der Waals surface area (Å²) in [6, 6.07) is 1.97. The molecule has 0 saturated carbocycles. The van der Waals surface area contributed by atoms with Gasteiger partial charge in [0.15, 0.2) is 10.8 Å². The number of aromatic nitrogens is 3. The largest absolute Gasteiger partial charge is 0.462 e. The van der Waals surface area contributed by atoms with Crippen LogP contribution < -0.4 is 10.6 Å². The quantitative estimate of drug-likeness (QED) is 0.735. The normalized spacial score (nSPS) is 17.1. The number of ether oxygens (including phenoxy) is 1. The van der Waals surface area contributed by atoms with Gasteiger partial charge in [-0.3, -0.25) is 14.8 Å². The fraction of sp³-hybridized carbons (Fsp3) is 0.556. The van der Waals surface area contributed by atoms with Crippen LogP contribution >= 0.6 is 11.3 Å². The molecule has 3 heterocycles. The second kappa shape index (κ2) is 8.62. The molecule has 1 saturated heterocycles. The lowest BCUT2D eigenvalue weighted by Crippen LogP contribution is -2.32. The lowest BCUT2D eigenvalue weighted by Gasteiger charge is -2.22. The van der Waals surface area contributed by atoms with Crippen LogP contribution in [0, 0.1) is 0 Å². The number of anilines is 1. The fourth-order valence-corrected chi connectivity index (χ4v) is 4.01. The van der Waals surface area contributed by atoms with Crippen molar-refractivity contribution in [2.75, 3.05) is 25.0 Å². The Morgan fingerprint density at radius 2 is 2.30 bits per heavy atom. The van der Waals surface area contributed by atoms with E-state index in [-0.39, 0.29) is 17.9 Å². The summed E-state index contributed by atoms with van der Waals surface area (Å²) in [6.07, 6.45) is 3.97. The standard InChI is InChI=1S/C18H25N5O3S/c1-4-26-17(25)15-14(11(2)3)20-18(27-15)21-16(24)13-7-9-23(22-13)12-6-5-8-19-10-12/h7,9,11-12,19H,4-6,8,10H2,1-3H3,(H,20,21,24). The summed E-state index contributed by atoms with van der Waals surface area (Å²) in [5.41, 5.74) is 0.965. The van der Waals surface area contributed by atoms with Gasteiger partial charge in [0, 0.05) is 12.7 Å². The van der Waals surface area contributed by atoms with Crippen molar-refractivity contribution in [1.82, 2.24) is 20.1 Å². The number of carbonyl (C=O) groups excluding carboxylic acids is 2. The van der Waals surface area contributed by atoms with Crippen LogP contribution in [0.2, 0.25) is 0 Å². The molecule has 0 radical (unpaired) electrons. The molecule has 1 fully saturated rings. The molecule has 3 rings (SSSR count). The van der Waals surface area contributed by atoms with Gasteiger partial charge in [0.25, 0.3) is 5.91 Å². The highest BCUT2D eigenvalue weighted by Crippen LogP contribution is 2.29. The summed E-state index contributed by atoms with van der Waals surface area (Å²) < 4.78 is 6.93. The molecule has 1 amide bonds. The topological polar surface area (TPSA) is 98.1 Å². The predicted molar refractivity (Wildman–Crippen MR) is 103 cm³/mol. The van der Waals surface area contributed by atoms with E-state index >= 15 is 0 Å². The Bertz CT molecular complexity index is 808. The SMILES string of the molecule is CCOC(=O)c1sc(NC(=O)c2ccn(C3CCCNC3)n2)nc1C(C)C. The van der Waals surface area contributed by atoms with Crippen LogP contribution in [0.5, 0.6) is 0 Å². The molecule has 1 aliphatic rings. The third-order valence-corrected chi connectivity index (χ3v) is 5.33. The van der Waals surface area contributed by atoms with Crippen molar-refractivity contribution in [2.45, 2.75) is 45.6 Å². The fourth-order valence-electron chi connectivity index (χ4n) is 3.00. The van der Waals surface area contributed by atoms with Crippen LogP contribution in [-0.4, -0.2) is 46.3 Å². The highest BCUT2D eigenvalue weighted by molar-refractivity contribution is 7.17. The monoisotopic (exact) mass is 391 g/mol. The Morgan fingerprint density at radius 3 is 2.96 bits per heavy atom. The second-order valence-corrected chi connectivity index (χ2v) is 7.74. The molecule has 8 nitrogen and oxygen atoms in total. The summed E-state index contributed by atoms with van der Waals surface area (Å²) in [5, 5.41) is 10.9. The van der Waals surface area contributed by atoms with Gasteiger partial charge in [-0.15, -0.1) is 0 Å². The number of esters is 1. The molecule has 146 valence electrons. The molecule has 0 bridgehead atoms. The Morgan fingerprint density at radius 1 is 1.48 bits per heavy atom. The van der Waals surface area contributed by atoms with Crippen molar-refractivity contribution in [1.29, 1.82) is 0 Å². The predicted octanol–water partition coefficient (Wildman–Crippen LogP) is 2.82. The summed E-state index contributed by atoms with van der Waals surface area (Å²) in [5.74, 6) is -0.699. The number of hydrogen-bond acceptors (Lipinski definition) is 7. The number of carbonyl (C=O) groups is 2. The maximum Gasteiger partial charge on any atom is 0.350 e. The maximum absolute atomic E-state index is 12.5. The molecule has 0 spiro atoms. The van der Waals surface area contributed by atoms with E-state index in [1.165, 1.54) is 0 Å². The van der Waals surface area contributed by atoms with Gasteiger partial charge in [0.2, 0.25) is 0 Å². The zero-order valence-corrected chi connectivity index (χ0v) is 16.6. The first-order chi connectivity index (χ1) is 13.0. The van der Waals surface area contributed by atoms with Gasteiger partial charge in [-0.05, 0) is 38.3 Å². The highest BCUT2D eigenvalue weighted by Gasteiger charge is 2.23. The number of thiazole rings is 1. The minimum Gasteiger partial charge on any atom is -0.462 e. The molecule has 2 aromatic heterocycles. The van der Waals surface area contributed by atoms with Crippen LogP contribution in [0.4, 0.5) is 5.13 Å². The number of hydrogen-bond donors (Lipinski definition) is 2. The Labute approximate surface area is 162 Å². The van der Waals surface area contributed by atoms with E-state index in [0.29, 0.717) is 28.0 Å². The van der Waals surface area contributed by atoms with E-state index in [1.54, 1.807) is 13.0 Å². The third-order valence-electron chi connectivity index (χ3n) is 4.37. The van der Waals surface area contributed by atoms with E-state index < -0.39 is 5.97 Å². The minimum absolute atomic E-state index is 0.0457. The van der Waals surface area contributed by atoms with Gasteiger partial charge in [-0.1, -0.05) is 25.2 Å². The van der Waals surface area contributed by atoms with Crippen LogP contribution in [0.1, 0.15) is 71.4 Å². The number of amides is 1. The van der Waals surface area contributed by atoms with Gasteiger partial charge in [-0.2, -0.15) is 5.10 Å². The lowest BCUT2D eigenvalue weighted by atomic mass is 10.1. The number of rotatable bonds is 6. The lowest BCUT2D eigenvalue weighted by molar-refractivity contribution is 0.0530. The molecule has 0 aromatic carbocycles. The summed E-state index contributed by atoms with van der Waals surface area (Å²) in [6.45, 7) is 7.83. The maximum atomic E-state index is 12.5. The molecular weight excluding hydrogens is 366 g/mol. The van der Waals surface area contributed by atoms with E-state index in [1.807, 2.05) is 24.7 Å². The van der Waals surface area contributed by atoms with Crippen molar-refractivity contribution < 1.29 is 14.3 Å². The van der Waals surface area contributed by atoms with Crippen LogP contribution in [0.25, 0.3) is 0 Å². The molecule has 2 N–H and O–H groups in total. The van der Waals surface area contributed by atoms with Crippen LogP contribution in [-0.2, 0) is 4.74 Å². The average molecular weight is 391 g/mol. The first-order valence-corrected chi connectivity index (χ1v) is 10.1. The second-order valence-electron chi connectivity index (χ2n) is 6.74. The Kier molecular flexibility index (Phi) is 6.22. The minimum atomic E-state index is -0.409. The van der Waals surface area contributed by atoms with E-state index in [4.69, 9.17) is 4.74 Å². The van der Waals surface area contributed by atoms with Crippen molar-refractivity contribution in [3.05, 3.63) is 28.5 Å². The van der Waals surface area contributed by atoms with Crippen LogP contribution in [0.15, 0.2) is 12.3 Å². The molecule has 1 atom stereocenters. The molecular formula is C18H25N5O3S. The van der Waals surface area contributed by atoms with Gasteiger partial charge in [-0.25, -0.2) is 9.78 Å². The van der Waals surface area contributed by atoms with Gasteiger partial charge < -0.3 is 10.1 Å². The number of nitrogens with zero attached hydrogens (tertiary/aromatic N) is 3. The van der Waals surface area contributed by atoms with Gasteiger partial charge >= 0.3 is 5.97 Å². The molecule has 9 heteroatoms. The number of nitrogens with one attached hydrogen (secondary N) is 2. The Hall–Kier alpha value is -2.26. The first-order valence-electron chi connectivity index (χ1n) is 9.24. The molecule has 1 unspecified atom stereocenters. The van der Waals surface area contributed by atoms with Crippen molar-refractivity contribution in [3.8, 4) is 0 Å². The first kappa shape index (κ1) is 19.5. The highest BCUT2D eigenvalue weighted by atomic mass is 32.1. The molecule has 0 aliphatic carbocycles. The Balaban J connectivity index is 1.73. The van der Waals surface area contributed by atoms with Gasteiger partial charge in [0.1, 0.15) is 4.88 Å². The van der Waals surface area contributed by atoms with E-state index in [2.05, 4.69) is 20.7 Å². The van der Waals surface area contributed by atoms with E-state index in [9.17, 15) is 9.59 Å². The average Bonchev–Trinajstić information content (AvgIpc) is 3.30. The van der Waals surface area contributed by atoms with Crippen molar-refractivity contribution >= 4 is 28.3 Å². The van der Waals surface area contributed by atoms with E-state index in [0.717, 1.165) is 37.3 Å². The van der Waals surface area contributed by atoms with Crippen molar-refractivity contribution in [2.24, 2.45) is 0 Å². The van der Waals surface area contributed by atoms with Crippen LogP contribution in [0.3, 0.4) is 0 Å². The zero-order valence-electron chi connectivity index (χ0n) is 15.8. The molecule has 1 aliphatic heterocycles. The smallest absolute Gasteiger partial charge is 0.350 e. The zero-order chi connectivity index (χ0) is 19.4. The number of piperidine rings is 1.